The molecule has 0 spiro atoms. The molecule has 0 aromatic heterocycles. The van der Waals surface area contributed by atoms with Gasteiger partial charge in [0.25, 0.3) is 0 Å². The lowest BCUT2D eigenvalue weighted by molar-refractivity contribution is -0.143. The summed E-state index contributed by atoms with van der Waals surface area (Å²) in [5.41, 5.74) is 0. The van der Waals surface area contributed by atoms with Crippen molar-refractivity contribution in [2.45, 2.75) is 450 Å². The van der Waals surface area contributed by atoms with Crippen LogP contribution in [-0.2, 0) is 14.3 Å². The molecule has 6 nitrogen and oxygen atoms in total. The fourth-order valence-electron chi connectivity index (χ4n) is 12.3. The monoisotopic (exact) mass is 1160 g/mol. The Balaban J connectivity index is 3.27. The van der Waals surface area contributed by atoms with Gasteiger partial charge in [0.2, 0.25) is 5.91 Å². The molecule has 0 saturated carbocycles. The maximum absolute atomic E-state index is 12.5. The minimum Gasteiger partial charge on any atom is -0.466 e. The number of carbonyl (C=O) groups is 2. The van der Waals surface area contributed by atoms with Crippen LogP contribution in [0.4, 0.5) is 0 Å². The average Bonchev–Trinajstić information content (AvgIpc) is 3.48. The normalized spacial score (nSPS) is 12.5. The molecule has 0 rings (SSSR count). The van der Waals surface area contributed by atoms with Gasteiger partial charge >= 0.3 is 5.97 Å². The van der Waals surface area contributed by atoms with Crippen LogP contribution >= 0.6 is 0 Å². The number of allylic oxidation sites excluding steroid dienone is 2. The van der Waals surface area contributed by atoms with Crippen LogP contribution in [-0.4, -0.2) is 47.4 Å². The minimum atomic E-state index is -0.658. The molecule has 0 bridgehead atoms. The zero-order valence-electron chi connectivity index (χ0n) is 56.0. The highest BCUT2D eigenvalue weighted by molar-refractivity contribution is 5.76. The molecule has 3 N–H and O–H groups in total. The van der Waals surface area contributed by atoms with E-state index in [1.165, 1.54) is 366 Å². The third-order valence-corrected chi connectivity index (χ3v) is 18.1. The predicted molar refractivity (Wildman–Crippen MR) is 361 cm³/mol. The van der Waals surface area contributed by atoms with Crippen LogP contribution in [0.1, 0.15) is 438 Å². The number of amides is 1. The second-order valence-corrected chi connectivity index (χ2v) is 26.3. The highest BCUT2D eigenvalue weighted by atomic mass is 16.5. The van der Waals surface area contributed by atoms with Crippen molar-refractivity contribution in [1.82, 2.24) is 5.32 Å². The molecule has 6 heteroatoms. The van der Waals surface area contributed by atoms with E-state index in [-0.39, 0.29) is 18.5 Å². The summed E-state index contributed by atoms with van der Waals surface area (Å²) in [5.74, 6) is -0.00487. The molecule has 488 valence electrons. The average molecular weight is 1160 g/mol. The lowest BCUT2D eigenvalue weighted by Crippen LogP contribution is -2.45. The van der Waals surface area contributed by atoms with Crippen LogP contribution in [0.2, 0.25) is 0 Å². The molecule has 0 fully saturated rings. The second kappa shape index (κ2) is 72.1. The lowest BCUT2D eigenvalue weighted by Gasteiger charge is -2.22. The van der Waals surface area contributed by atoms with Crippen molar-refractivity contribution < 1.29 is 24.5 Å². The van der Waals surface area contributed by atoms with Crippen LogP contribution in [0.15, 0.2) is 12.2 Å². The van der Waals surface area contributed by atoms with E-state index >= 15 is 0 Å². The van der Waals surface area contributed by atoms with Gasteiger partial charge in [0.1, 0.15) is 0 Å². The van der Waals surface area contributed by atoms with Crippen molar-refractivity contribution in [3.05, 3.63) is 12.2 Å². The van der Waals surface area contributed by atoms with Crippen molar-refractivity contribution in [1.29, 1.82) is 0 Å². The van der Waals surface area contributed by atoms with Gasteiger partial charge in [-0.15, -0.1) is 0 Å². The fourth-order valence-corrected chi connectivity index (χ4v) is 12.3. The van der Waals surface area contributed by atoms with E-state index in [1.54, 1.807) is 0 Å². The van der Waals surface area contributed by atoms with Gasteiger partial charge < -0.3 is 20.3 Å². The van der Waals surface area contributed by atoms with Gasteiger partial charge in [-0.2, -0.15) is 0 Å². The number of ether oxygens (including phenoxy) is 1. The molecule has 82 heavy (non-hydrogen) atoms. The van der Waals surface area contributed by atoms with Gasteiger partial charge in [-0.25, -0.2) is 0 Å². The molecule has 0 aromatic carbocycles. The third kappa shape index (κ3) is 67.7. The van der Waals surface area contributed by atoms with Gasteiger partial charge in [-0.05, 0) is 51.4 Å². The Morgan fingerprint density at radius 2 is 0.573 bits per heavy atom. The summed E-state index contributed by atoms with van der Waals surface area (Å²) < 4.78 is 5.52. The van der Waals surface area contributed by atoms with E-state index in [9.17, 15) is 19.8 Å². The maximum Gasteiger partial charge on any atom is 0.305 e. The van der Waals surface area contributed by atoms with Gasteiger partial charge in [0.05, 0.1) is 25.4 Å². The van der Waals surface area contributed by atoms with Crippen molar-refractivity contribution >= 4 is 11.9 Å². The number of hydrogen-bond acceptors (Lipinski definition) is 5. The minimum absolute atomic E-state index is 0.0232. The zero-order chi connectivity index (χ0) is 59.2. The SMILES string of the molecule is CCCCCCCC/C=C\CCCCCCCCCCCC(=O)OCCCCCCCCCCCCCCCCCCCCCCCCCCCCCCCCCCCCCC(=O)NC(CO)C(O)CCCCCCCCCCCCC. The molecule has 2 unspecified atom stereocenters. The van der Waals surface area contributed by atoms with E-state index in [0.29, 0.717) is 25.9 Å². The molecular weight excluding hydrogens is 1010 g/mol. The molecule has 0 aliphatic heterocycles. The first-order chi connectivity index (χ1) is 40.5. The molecule has 0 saturated heterocycles. The number of rotatable bonds is 72. The Kier molecular flexibility index (Phi) is 70.8. The second-order valence-electron chi connectivity index (χ2n) is 26.3. The van der Waals surface area contributed by atoms with Crippen molar-refractivity contribution in [3.63, 3.8) is 0 Å². The molecule has 1 amide bonds. The van der Waals surface area contributed by atoms with Crippen LogP contribution in [0.25, 0.3) is 0 Å². The Morgan fingerprint density at radius 3 is 0.866 bits per heavy atom. The zero-order valence-corrected chi connectivity index (χ0v) is 56.0. The fraction of sp³-hybridized carbons (Fsp3) is 0.947. The van der Waals surface area contributed by atoms with Crippen LogP contribution in [0, 0.1) is 0 Å². The molecule has 0 radical (unpaired) electrons. The Morgan fingerprint density at radius 1 is 0.329 bits per heavy atom. The van der Waals surface area contributed by atoms with Gasteiger partial charge in [-0.3, -0.25) is 9.59 Å². The molecule has 0 heterocycles. The predicted octanol–water partition coefficient (Wildman–Crippen LogP) is 24.7. The highest BCUT2D eigenvalue weighted by Gasteiger charge is 2.20. The molecule has 0 aliphatic carbocycles. The number of aliphatic hydroxyl groups is 2. The quantitative estimate of drug-likeness (QED) is 0.0320. The summed E-state index contributed by atoms with van der Waals surface area (Å²) in [6.45, 7) is 4.98. The highest BCUT2D eigenvalue weighted by Crippen LogP contribution is 2.20. The van der Waals surface area contributed by atoms with E-state index < -0.39 is 12.1 Å². The van der Waals surface area contributed by atoms with Crippen LogP contribution < -0.4 is 5.32 Å². The van der Waals surface area contributed by atoms with Crippen molar-refractivity contribution in [2.24, 2.45) is 0 Å². The van der Waals surface area contributed by atoms with E-state index in [4.69, 9.17) is 4.74 Å². The topological polar surface area (TPSA) is 95.9 Å². The number of esters is 1. The van der Waals surface area contributed by atoms with Gasteiger partial charge in [0.15, 0.2) is 0 Å². The van der Waals surface area contributed by atoms with Gasteiger partial charge in [-0.1, -0.05) is 386 Å². The smallest absolute Gasteiger partial charge is 0.305 e. The number of unbranched alkanes of at least 4 members (excludes halogenated alkanes) is 59. The van der Waals surface area contributed by atoms with Crippen molar-refractivity contribution in [2.75, 3.05) is 13.2 Å². The van der Waals surface area contributed by atoms with E-state index in [0.717, 1.165) is 38.5 Å². The van der Waals surface area contributed by atoms with Crippen LogP contribution in [0.3, 0.4) is 0 Å². The Labute approximate surface area is 514 Å². The molecule has 2 atom stereocenters. The summed E-state index contributed by atoms with van der Waals surface area (Å²) >= 11 is 0. The first-order valence-electron chi connectivity index (χ1n) is 37.9. The lowest BCUT2D eigenvalue weighted by atomic mass is 10.0. The summed E-state index contributed by atoms with van der Waals surface area (Å²) in [6.07, 6.45) is 90.2. The standard InChI is InChI=1S/C76H149NO5/c1-3-5-7-9-11-13-15-16-17-18-36-40-43-46-50-54-58-62-66-70-76(81)82-71-67-63-59-55-51-47-44-41-38-35-33-31-29-27-25-23-21-19-20-22-24-26-28-30-32-34-37-39-42-45-49-53-57-61-65-69-75(80)77-73(72-78)74(79)68-64-60-56-52-48-14-12-10-8-6-4-2/h16-17,73-74,78-79H,3-15,18-72H2,1-2H3,(H,77,80)/b17-16-. The first kappa shape index (κ1) is 80.6. The number of nitrogens with one attached hydrogen (secondary N) is 1. The third-order valence-electron chi connectivity index (χ3n) is 18.1. The Hall–Kier alpha value is -1.40. The first-order valence-corrected chi connectivity index (χ1v) is 37.9. The summed E-state index contributed by atoms with van der Waals surface area (Å²) in [6, 6.07) is -0.535. The molecule has 0 aromatic rings. The van der Waals surface area contributed by atoms with E-state index in [2.05, 4.69) is 31.3 Å². The Bertz CT molecular complexity index is 1240. The number of carbonyl (C=O) groups excluding carboxylic acids is 2. The number of hydrogen-bond donors (Lipinski definition) is 3. The summed E-state index contributed by atoms with van der Waals surface area (Å²) in [7, 11) is 0. The van der Waals surface area contributed by atoms with E-state index in [1.807, 2.05) is 0 Å². The van der Waals surface area contributed by atoms with Crippen LogP contribution in [0.5, 0.6) is 0 Å². The summed E-state index contributed by atoms with van der Waals surface area (Å²) in [5, 5.41) is 23.2. The maximum atomic E-state index is 12.5. The molecular formula is C76H149NO5. The largest absolute Gasteiger partial charge is 0.466 e. The summed E-state index contributed by atoms with van der Waals surface area (Å²) in [4.78, 5) is 24.6. The van der Waals surface area contributed by atoms with Gasteiger partial charge in [0, 0.05) is 12.8 Å². The number of aliphatic hydroxyl groups excluding tert-OH is 2. The van der Waals surface area contributed by atoms with Crippen molar-refractivity contribution in [3.8, 4) is 0 Å². The molecule has 0 aliphatic rings.